The summed E-state index contributed by atoms with van der Waals surface area (Å²) in [6.45, 7) is 4.19. The molecule has 0 radical (unpaired) electrons. The summed E-state index contributed by atoms with van der Waals surface area (Å²) in [5, 5.41) is 4.69. The highest BCUT2D eigenvalue weighted by molar-refractivity contribution is 6.39. The van der Waals surface area contributed by atoms with Gasteiger partial charge in [-0.1, -0.05) is 39.0 Å². The van der Waals surface area contributed by atoms with E-state index < -0.39 is 96.0 Å². The molecular formula is C29H29F4N3O7. The molecule has 0 aromatic heterocycles. The van der Waals surface area contributed by atoms with Crippen LogP contribution in [0.15, 0.2) is 30.3 Å². The number of esters is 1. The molecule has 0 saturated carbocycles. The number of alkyl halides is 1. The fourth-order valence-electron chi connectivity index (χ4n) is 4.74. The molecule has 1 unspecified atom stereocenters. The molecule has 1 atom stereocenters. The number of Topliss-reactive ketones (excluding diaryl/α,β-unsaturated/α-hetero) is 1. The van der Waals surface area contributed by atoms with Gasteiger partial charge in [0.25, 0.3) is 5.91 Å². The largest absolute Gasteiger partial charge is 0.479 e. The Labute approximate surface area is 243 Å². The number of fused-ring (bicyclic) bond motifs is 1. The standard InChI is InChI=1S/C29H29F4N3O7/c1-28(2,3)15-6-4-5-7-18(15)34-25(39)26(40)36-10-8-29(33,9-11-36)27(41)35-19-13-21(38)43-23-17(31)12-16(30)22(32)24(23)42-14-20(19)37/h4-7,12,19H,8-11,13-14H2,1-3H3,(H,34,39)(H,35,41). The summed E-state index contributed by atoms with van der Waals surface area (Å²) in [4.78, 5) is 64.5. The van der Waals surface area contributed by atoms with E-state index in [1.165, 1.54) is 0 Å². The molecule has 1 fully saturated rings. The van der Waals surface area contributed by atoms with Crippen LogP contribution in [0.2, 0.25) is 0 Å². The van der Waals surface area contributed by atoms with Crippen LogP contribution in [0, 0.1) is 17.5 Å². The monoisotopic (exact) mass is 607 g/mol. The van der Waals surface area contributed by atoms with E-state index in [4.69, 9.17) is 9.47 Å². The minimum Gasteiger partial charge on any atom is -0.479 e. The fraction of sp³-hybridized carbons (Fsp3) is 0.414. The van der Waals surface area contributed by atoms with Crippen LogP contribution in [-0.4, -0.2) is 65.8 Å². The van der Waals surface area contributed by atoms with E-state index in [0.717, 1.165) is 10.5 Å². The quantitative estimate of drug-likeness (QED) is 0.180. The Balaban J connectivity index is 1.38. The molecule has 0 bridgehead atoms. The van der Waals surface area contributed by atoms with Gasteiger partial charge in [0.1, 0.15) is 12.6 Å². The van der Waals surface area contributed by atoms with Gasteiger partial charge >= 0.3 is 17.8 Å². The van der Waals surface area contributed by atoms with Crippen molar-refractivity contribution in [2.75, 3.05) is 25.0 Å². The Morgan fingerprint density at radius 2 is 1.65 bits per heavy atom. The van der Waals surface area contributed by atoms with E-state index in [2.05, 4.69) is 10.6 Å². The summed E-state index contributed by atoms with van der Waals surface area (Å²) >= 11 is 0. The van der Waals surface area contributed by atoms with Crippen LogP contribution >= 0.6 is 0 Å². The second-order valence-corrected chi connectivity index (χ2v) is 11.3. The van der Waals surface area contributed by atoms with Crippen LogP contribution < -0.4 is 20.1 Å². The first-order valence-electron chi connectivity index (χ1n) is 13.3. The average molecular weight is 608 g/mol. The van der Waals surface area contributed by atoms with Gasteiger partial charge < -0.3 is 25.0 Å². The number of ether oxygens (including phenoxy) is 2. The molecule has 3 amide bonds. The summed E-state index contributed by atoms with van der Waals surface area (Å²) < 4.78 is 67.1. The van der Waals surface area contributed by atoms with Gasteiger partial charge in [-0.05, 0) is 17.0 Å². The number of hydrogen-bond acceptors (Lipinski definition) is 7. The van der Waals surface area contributed by atoms with E-state index in [0.29, 0.717) is 5.69 Å². The molecule has 4 rings (SSSR count). The van der Waals surface area contributed by atoms with Crippen molar-refractivity contribution in [1.29, 1.82) is 0 Å². The molecule has 0 spiro atoms. The lowest BCUT2D eigenvalue weighted by Gasteiger charge is -2.35. The second-order valence-electron chi connectivity index (χ2n) is 11.3. The van der Waals surface area contributed by atoms with Gasteiger partial charge in [-0.3, -0.25) is 24.0 Å². The first-order chi connectivity index (χ1) is 20.1. The van der Waals surface area contributed by atoms with Crippen LogP contribution in [-0.2, 0) is 29.4 Å². The third kappa shape index (κ3) is 6.78. The molecule has 2 aliphatic heterocycles. The maximum Gasteiger partial charge on any atom is 0.313 e. The topological polar surface area (TPSA) is 131 Å². The van der Waals surface area contributed by atoms with Crippen LogP contribution in [0.3, 0.4) is 0 Å². The van der Waals surface area contributed by atoms with Gasteiger partial charge in [0.15, 0.2) is 23.1 Å². The number of carbonyl (C=O) groups excluding carboxylic acids is 5. The van der Waals surface area contributed by atoms with Crippen LogP contribution in [0.1, 0.15) is 45.6 Å². The molecule has 43 heavy (non-hydrogen) atoms. The highest BCUT2D eigenvalue weighted by Crippen LogP contribution is 2.36. The Morgan fingerprint density at radius 3 is 2.30 bits per heavy atom. The normalized spacial score (nSPS) is 18.7. The van der Waals surface area contributed by atoms with Crippen molar-refractivity contribution in [2.45, 2.75) is 57.2 Å². The number of piperidine rings is 1. The van der Waals surface area contributed by atoms with Crippen molar-refractivity contribution in [1.82, 2.24) is 10.2 Å². The highest BCUT2D eigenvalue weighted by Gasteiger charge is 2.45. The molecule has 0 aliphatic carbocycles. The zero-order valence-corrected chi connectivity index (χ0v) is 23.5. The van der Waals surface area contributed by atoms with Crippen molar-refractivity contribution in [3.63, 3.8) is 0 Å². The molecular weight excluding hydrogens is 578 g/mol. The second kappa shape index (κ2) is 12.0. The lowest BCUT2D eigenvalue weighted by atomic mass is 9.86. The number of nitrogens with one attached hydrogen (secondary N) is 2. The summed E-state index contributed by atoms with van der Waals surface area (Å²) in [5.74, 6) is -12.5. The maximum absolute atomic E-state index is 15.7. The van der Waals surface area contributed by atoms with Crippen molar-refractivity contribution in [3.05, 3.63) is 53.3 Å². The van der Waals surface area contributed by atoms with Crippen molar-refractivity contribution < 1.29 is 51.0 Å². The predicted molar refractivity (Wildman–Crippen MR) is 142 cm³/mol. The van der Waals surface area contributed by atoms with Gasteiger partial charge in [0.05, 0.1) is 6.42 Å². The Hall–Kier alpha value is -4.49. The summed E-state index contributed by atoms with van der Waals surface area (Å²) in [6.07, 6.45) is -1.94. The zero-order valence-electron chi connectivity index (χ0n) is 23.5. The Morgan fingerprint density at radius 1 is 1.00 bits per heavy atom. The number of rotatable bonds is 3. The number of hydrogen-bond donors (Lipinski definition) is 2. The molecule has 2 aromatic carbocycles. The van der Waals surface area contributed by atoms with Gasteiger partial charge in [-0.15, -0.1) is 0 Å². The average Bonchev–Trinajstić information content (AvgIpc) is 3.00. The summed E-state index contributed by atoms with van der Waals surface area (Å²) in [6, 6.07) is 5.41. The van der Waals surface area contributed by atoms with Gasteiger partial charge in [-0.25, -0.2) is 13.2 Å². The van der Waals surface area contributed by atoms with Crippen LogP contribution in [0.5, 0.6) is 11.5 Å². The SMILES string of the molecule is CC(C)(C)c1ccccc1NC(=O)C(=O)N1CCC(F)(C(=O)NC2CC(=O)Oc3c(F)cc(F)c(F)c3OCC2=O)CC1. The van der Waals surface area contributed by atoms with Gasteiger partial charge in [0.2, 0.25) is 17.3 Å². The molecule has 14 heteroatoms. The van der Waals surface area contributed by atoms with E-state index in [9.17, 15) is 37.1 Å². The number of para-hydroxylation sites is 1. The molecule has 1 saturated heterocycles. The number of carbonyl (C=O) groups is 5. The number of likely N-dealkylation sites (tertiary alicyclic amines) is 1. The Bertz CT molecular complexity index is 1480. The van der Waals surface area contributed by atoms with Crippen molar-refractivity contribution in [2.24, 2.45) is 0 Å². The minimum absolute atomic E-state index is 0.127. The fourth-order valence-corrected chi connectivity index (χ4v) is 4.74. The lowest BCUT2D eigenvalue weighted by molar-refractivity contribution is -0.148. The number of nitrogens with zero attached hydrogens (tertiary/aromatic N) is 1. The van der Waals surface area contributed by atoms with Gasteiger partial charge in [0, 0.05) is 37.7 Å². The molecule has 10 nitrogen and oxygen atoms in total. The molecule has 2 N–H and O–H groups in total. The number of benzene rings is 2. The lowest BCUT2D eigenvalue weighted by Crippen LogP contribution is -2.56. The molecule has 2 heterocycles. The Kier molecular flexibility index (Phi) is 8.79. The third-order valence-corrected chi connectivity index (χ3v) is 7.15. The van der Waals surface area contributed by atoms with Crippen LogP contribution in [0.4, 0.5) is 23.2 Å². The maximum atomic E-state index is 15.7. The zero-order chi connectivity index (χ0) is 31.7. The van der Waals surface area contributed by atoms with Crippen molar-refractivity contribution in [3.8, 4) is 11.5 Å². The predicted octanol–water partition coefficient (Wildman–Crippen LogP) is 3.11. The smallest absolute Gasteiger partial charge is 0.313 e. The number of halogens is 4. The third-order valence-electron chi connectivity index (χ3n) is 7.15. The van der Waals surface area contributed by atoms with E-state index >= 15 is 4.39 Å². The molecule has 230 valence electrons. The molecule has 2 aromatic rings. The van der Waals surface area contributed by atoms with Gasteiger partial charge in [-0.2, -0.15) is 4.39 Å². The number of anilines is 1. The number of amides is 3. The number of ketones is 1. The van der Waals surface area contributed by atoms with E-state index in [-0.39, 0.29) is 24.6 Å². The van der Waals surface area contributed by atoms with Crippen molar-refractivity contribution >= 4 is 35.2 Å². The van der Waals surface area contributed by atoms with E-state index in [1.807, 2.05) is 26.8 Å². The minimum atomic E-state index is -2.58. The molecule has 2 aliphatic rings. The first-order valence-corrected chi connectivity index (χ1v) is 13.3. The highest BCUT2D eigenvalue weighted by atomic mass is 19.2. The summed E-state index contributed by atoms with van der Waals surface area (Å²) in [7, 11) is 0. The van der Waals surface area contributed by atoms with Crippen LogP contribution in [0.25, 0.3) is 0 Å². The van der Waals surface area contributed by atoms with E-state index in [1.54, 1.807) is 18.2 Å². The first kappa shape index (κ1) is 31.4. The summed E-state index contributed by atoms with van der Waals surface area (Å²) in [5.41, 5.74) is -1.66.